The van der Waals surface area contributed by atoms with Crippen molar-refractivity contribution < 1.29 is 28.7 Å². The molecule has 1 heterocycles. The van der Waals surface area contributed by atoms with Crippen molar-refractivity contribution in [3.05, 3.63) is 95.1 Å². The number of rotatable bonds is 8. The average molecular weight is 580 g/mol. The lowest BCUT2D eigenvalue weighted by Gasteiger charge is -2.45. The summed E-state index contributed by atoms with van der Waals surface area (Å²) >= 11 is 0. The van der Waals surface area contributed by atoms with Crippen LogP contribution in [-0.2, 0) is 28.7 Å². The van der Waals surface area contributed by atoms with Gasteiger partial charge in [-0.2, -0.15) is 0 Å². The van der Waals surface area contributed by atoms with Crippen molar-refractivity contribution in [3.8, 4) is 0 Å². The number of likely N-dealkylation sites (tertiary alicyclic amines) is 1. The largest absolute Gasteiger partial charge is 0.454 e. The van der Waals surface area contributed by atoms with Crippen LogP contribution < -0.4 is 10.6 Å². The lowest BCUT2D eigenvalue weighted by molar-refractivity contribution is -0.160. The summed E-state index contributed by atoms with van der Waals surface area (Å²) in [5.41, 5.74) is 5.26. The highest BCUT2D eigenvalue weighted by Crippen LogP contribution is 2.61. The molecule has 9 heteroatoms. The van der Waals surface area contributed by atoms with E-state index in [9.17, 15) is 24.0 Å². The van der Waals surface area contributed by atoms with Crippen molar-refractivity contribution >= 4 is 41.0 Å². The van der Waals surface area contributed by atoms with Gasteiger partial charge >= 0.3 is 5.97 Å². The fourth-order valence-corrected chi connectivity index (χ4v) is 7.03. The van der Waals surface area contributed by atoms with Gasteiger partial charge in [-0.25, -0.2) is 4.79 Å². The fraction of sp³-hybridized carbons (Fsp3) is 0.324. The number of carbonyl (C=O) groups is 5. The van der Waals surface area contributed by atoms with Crippen LogP contribution in [0.4, 0.5) is 11.4 Å². The van der Waals surface area contributed by atoms with Gasteiger partial charge in [0.05, 0.1) is 11.8 Å². The number of anilines is 2. The third kappa shape index (κ3) is 4.98. The minimum Gasteiger partial charge on any atom is -0.454 e. The van der Waals surface area contributed by atoms with Crippen LogP contribution in [0.3, 0.4) is 0 Å². The molecule has 43 heavy (non-hydrogen) atoms. The van der Waals surface area contributed by atoms with Crippen LogP contribution in [0, 0.1) is 17.8 Å². The maximum Gasteiger partial charge on any atom is 0.329 e. The Morgan fingerprint density at radius 2 is 1.19 bits per heavy atom. The number of nitrogens with one attached hydrogen (secondary N) is 2. The molecule has 3 atom stereocenters. The van der Waals surface area contributed by atoms with E-state index in [2.05, 4.69) is 10.6 Å². The van der Waals surface area contributed by atoms with E-state index in [1.165, 1.54) is 6.92 Å². The Balaban J connectivity index is 1.21. The molecule has 0 unspecified atom stereocenters. The summed E-state index contributed by atoms with van der Waals surface area (Å²) in [6.45, 7) is 4.64. The topological polar surface area (TPSA) is 122 Å². The monoisotopic (exact) mass is 579 g/mol. The predicted octanol–water partition coefficient (Wildman–Crippen LogP) is 4.43. The molecule has 7 rings (SSSR count). The SMILES string of the molecule is CC(=O)Nc1ccc(NC(=O)COC(=O)[C@H](CC(C)C)N2C(=O)[C@H]3C4c5ccccc5C(c5ccccc54)[C@@H]3C2=O)cc1. The maximum absolute atomic E-state index is 14.2. The number of ether oxygens (including phenoxy) is 1. The number of benzene rings is 3. The van der Waals surface area contributed by atoms with Crippen molar-refractivity contribution in [3.63, 3.8) is 0 Å². The van der Waals surface area contributed by atoms with Crippen molar-refractivity contribution in [2.24, 2.45) is 17.8 Å². The van der Waals surface area contributed by atoms with Gasteiger partial charge in [0, 0.05) is 30.1 Å². The van der Waals surface area contributed by atoms with Gasteiger partial charge in [-0.3, -0.25) is 24.1 Å². The summed E-state index contributed by atoms with van der Waals surface area (Å²) in [5.74, 6) is -4.07. The van der Waals surface area contributed by atoms with Crippen LogP contribution in [0.15, 0.2) is 72.8 Å². The predicted molar refractivity (Wildman–Crippen MR) is 159 cm³/mol. The number of nitrogens with zero attached hydrogens (tertiary/aromatic N) is 1. The Morgan fingerprint density at radius 1 is 0.744 bits per heavy atom. The van der Waals surface area contributed by atoms with Gasteiger partial charge in [-0.15, -0.1) is 0 Å². The van der Waals surface area contributed by atoms with Gasteiger partial charge in [0.25, 0.3) is 5.91 Å². The van der Waals surface area contributed by atoms with E-state index in [1.807, 2.05) is 62.4 Å². The van der Waals surface area contributed by atoms with Gasteiger partial charge in [0.2, 0.25) is 17.7 Å². The third-order valence-electron chi connectivity index (χ3n) is 8.60. The smallest absolute Gasteiger partial charge is 0.329 e. The van der Waals surface area contributed by atoms with Crippen molar-refractivity contribution in [2.75, 3.05) is 17.2 Å². The summed E-state index contributed by atoms with van der Waals surface area (Å²) in [6, 6.07) is 21.3. The zero-order valence-corrected chi connectivity index (χ0v) is 24.2. The standard InChI is InChI=1S/C34H33N3O6/c1-18(2)16-26(34(42)43-17-27(39)36-21-14-12-20(13-15-21)35-19(3)38)37-32(40)30-28-22-8-4-5-9-23(22)29(31(30)33(37)41)25-11-7-6-10-24(25)28/h4-15,18,26,28-31H,16-17H2,1-3H3,(H,35,38)(H,36,39)/t26-,28?,29?,30-,31-/m0/s1. The van der Waals surface area contributed by atoms with Gasteiger partial charge in [0.15, 0.2) is 6.61 Å². The van der Waals surface area contributed by atoms with E-state index in [1.54, 1.807) is 24.3 Å². The van der Waals surface area contributed by atoms with Crippen molar-refractivity contribution in [1.29, 1.82) is 0 Å². The summed E-state index contributed by atoms with van der Waals surface area (Å²) < 4.78 is 5.42. The molecule has 3 aromatic rings. The minimum atomic E-state index is -1.14. The maximum atomic E-state index is 14.2. The molecule has 1 aliphatic heterocycles. The first kappa shape index (κ1) is 28.3. The Hall–Kier alpha value is -4.79. The second kappa shape index (κ2) is 11.1. The molecule has 0 aromatic heterocycles. The first-order valence-electron chi connectivity index (χ1n) is 14.5. The molecular formula is C34H33N3O6. The van der Waals surface area contributed by atoms with Crippen LogP contribution in [0.2, 0.25) is 0 Å². The third-order valence-corrected chi connectivity index (χ3v) is 8.60. The quantitative estimate of drug-likeness (QED) is 0.301. The van der Waals surface area contributed by atoms with E-state index in [-0.39, 0.29) is 41.9 Å². The zero-order valence-electron chi connectivity index (χ0n) is 24.2. The van der Waals surface area contributed by atoms with Crippen LogP contribution in [0.25, 0.3) is 0 Å². The molecule has 9 nitrogen and oxygen atoms in total. The molecule has 4 aliphatic rings. The van der Waals surface area contributed by atoms with Crippen LogP contribution >= 0.6 is 0 Å². The van der Waals surface area contributed by atoms with Crippen molar-refractivity contribution in [1.82, 2.24) is 4.90 Å². The summed E-state index contributed by atoms with van der Waals surface area (Å²) in [7, 11) is 0. The van der Waals surface area contributed by atoms with E-state index in [0.717, 1.165) is 27.2 Å². The summed E-state index contributed by atoms with van der Waals surface area (Å²) in [6.07, 6.45) is 0.219. The highest BCUT2D eigenvalue weighted by molar-refractivity contribution is 6.10. The molecular weight excluding hydrogens is 546 g/mol. The van der Waals surface area contributed by atoms with E-state index < -0.39 is 36.4 Å². The van der Waals surface area contributed by atoms with Crippen molar-refractivity contribution in [2.45, 2.75) is 45.1 Å². The van der Waals surface area contributed by atoms with Gasteiger partial charge < -0.3 is 15.4 Å². The first-order chi connectivity index (χ1) is 20.7. The second-order valence-electron chi connectivity index (χ2n) is 11.9. The lowest BCUT2D eigenvalue weighted by atomic mass is 9.55. The number of esters is 1. The van der Waals surface area contributed by atoms with E-state index in [4.69, 9.17) is 4.74 Å². The molecule has 2 N–H and O–H groups in total. The van der Waals surface area contributed by atoms with Gasteiger partial charge in [-0.05, 0) is 58.9 Å². The first-order valence-corrected chi connectivity index (χ1v) is 14.5. The van der Waals surface area contributed by atoms with Gasteiger partial charge in [0.1, 0.15) is 6.04 Å². The van der Waals surface area contributed by atoms with Crippen LogP contribution in [-0.4, -0.2) is 47.1 Å². The Morgan fingerprint density at radius 3 is 1.60 bits per heavy atom. The van der Waals surface area contributed by atoms with Crippen LogP contribution in [0.1, 0.15) is 61.3 Å². The zero-order chi connectivity index (χ0) is 30.4. The number of hydrogen-bond donors (Lipinski definition) is 2. The Labute approximate surface area is 249 Å². The normalized spacial score (nSPS) is 22.0. The summed E-state index contributed by atoms with van der Waals surface area (Å²) in [5, 5.41) is 5.29. The second-order valence-corrected chi connectivity index (χ2v) is 11.9. The highest BCUT2D eigenvalue weighted by atomic mass is 16.5. The highest BCUT2D eigenvalue weighted by Gasteiger charge is 2.63. The lowest BCUT2D eigenvalue weighted by Crippen LogP contribution is -2.47. The molecule has 0 spiro atoms. The molecule has 4 amide bonds. The average Bonchev–Trinajstić information content (AvgIpc) is 3.25. The number of amides is 4. The molecule has 1 saturated heterocycles. The molecule has 0 saturated carbocycles. The molecule has 3 aromatic carbocycles. The molecule has 0 radical (unpaired) electrons. The molecule has 3 aliphatic carbocycles. The van der Waals surface area contributed by atoms with E-state index in [0.29, 0.717) is 11.4 Å². The number of hydrogen-bond acceptors (Lipinski definition) is 6. The fourth-order valence-electron chi connectivity index (χ4n) is 7.03. The number of imide groups is 1. The molecule has 220 valence electrons. The minimum absolute atomic E-state index is 0.0251. The molecule has 1 fully saturated rings. The Kier molecular flexibility index (Phi) is 7.33. The van der Waals surface area contributed by atoms with E-state index >= 15 is 0 Å². The van der Waals surface area contributed by atoms with Crippen LogP contribution in [0.5, 0.6) is 0 Å². The van der Waals surface area contributed by atoms with Gasteiger partial charge in [-0.1, -0.05) is 62.4 Å². The Bertz CT molecular complexity index is 1520. The summed E-state index contributed by atoms with van der Waals surface area (Å²) in [4.78, 5) is 66.8. The number of carbonyl (C=O) groups excluding carboxylic acids is 5. The molecule has 2 bridgehead atoms.